The monoisotopic (exact) mass is 450 g/mol. The summed E-state index contributed by atoms with van der Waals surface area (Å²) in [6, 6.07) is 8.94. The summed E-state index contributed by atoms with van der Waals surface area (Å²) in [6.07, 6.45) is 0. The largest absolute Gasteiger partial charge is 0.454 e. The second kappa shape index (κ2) is 9.77. The normalized spacial score (nSPS) is 11.8. The molecule has 0 saturated carbocycles. The summed E-state index contributed by atoms with van der Waals surface area (Å²) in [4.78, 5) is 46.0. The first-order valence-corrected chi connectivity index (χ1v) is 10.2. The van der Waals surface area contributed by atoms with Crippen LogP contribution in [0.5, 0.6) is 0 Å². The van der Waals surface area contributed by atoms with Crippen LogP contribution in [-0.2, 0) is 24.3 Å². The summed E-state index contributed by atoms with van der Waals surface area (Å²) in [6.45, 7) is 0.612. The molecule has 164 valence electrons. The van der Waals surface area contributed by atoms with Crippen LogP contribution in [-0.4, -0.2) is 43.8 Å². The summed E-state index contributed by atoms with van der Waals surface area (Å²) in [5.74, 6) is -2.42. The van der Waals surface area contributed by atoms with Gasteiger partial charge in [-0.05, 0) is 31.2 Å². The third kappa shape index (κ3) is 6.87. The summed E-state index contributed by atoms with van der Waals surface area (Å²) in [7, 11) is -3.95. The number of hydrogen-bond donors (Lipinski definition) is 3. The standard InChI is InChI=1S/C18H18N4O8S/c1-11(20-17(24)12-4-2-6-14(8-12)22(26)27)18(25)30-10-16(23)21-13-5-3-7-15(9-13)31(19,28)29/h2-9,11H,10H2,1H3,(H,20,24)(H,21,23)(H2,19,28,29)/t11-/m0/s1. The quantitative estimate of drug-likeness (QED) is 0.295. The van der Waals surface area contributed by atoms with Crippen molar-refractivity contribution >= 4 is 39.2 Å². The smallest absolute Gasteiger partial charge is 0.328 e. The predicted octanol–water partition coefficient (Wildman–Crippen LogP) is 0.542. The first-order valence-electron chi connectivity index (χ1n) is 8.62. The molecular weight excluding hydrogens is 432 g/mol. The van der Waals surface area contributed by atoms with Crippen molar-refractivity contribution in [2.24, 2.45) is 5.14 Å². The molecule has 0 saturated heterocycles. The Hall–Kier alpha value is -3.84. The number of nitrogens with two attached hydrogens (primary N) is 1. The Balaban J connectivity index is 1.89. The molecule has 0 aliphatic rings. The van der Waals surface area contributed by atoms with E-state index >= 15 is 0 Å². The summed E-state index contributed by atoms with van der Waals surface area (Å²) in [5, 5.41) is 20.5. The maximum atomic E-state index is 12.1. The second-order valence-corrected chi connectivity index (χ2v) is 7.79. The average molecular weight is 450 g/mol. The lowest BCUT2D eigenvalue weighted by molar-refractivity contribution is -0.384. The molecule has 0 aromatic heterocycles. The van der Waals surface area contributed by atoms with E-state index in [-0.39, 0.29) is 21.8 Å². The van der Waals surface area contributed by atoms with Gasteiger partial charge in [-0.3, -0.25) is 19.7 Å². The third-order valence-electron chi connectivity index (χ3n) is 3.81. The van der Waals surface area contributed by atoms with Crippen LogP contribution in [0.1, 0.15) is 17.3 Å². The third-order valence-corrected chi connectivity index (χ3v) is 4.72. The number of amides is 2. The predicted molar refractivity (Wildman–Crippen MR) is 107 cm³/mol. The number of carbonyl (C=O) groups is 3. The second-order valence-electron chi connectivity index (χ2n) is 6.23. The van der Waals surface area contributed by atoms with Crippen molar-refractivity contribution in [3.8, 4) is 0 Å². The first-order chi connectivity index (χ1) is 14.5. The molecule has 0 aliphatic carbocycles. The number of carbonyl (C=O) groups excluding carboxylic acids is 3. The minimum Gasteiger partial charge on any atom is -0.454 e. The highest BCUT2D eigenvalue weighted by Gasteiger charge is 2.20. The maximum absolute atomic E-state index is 12.1. The van der Waals surface area contributed by atoms with Crippen molar-refractivity contribution in [2.75, 3.05) is 11.9 Å². The van der Waals surface area contributed by atoms with Gasteiger partial charge in [-0.2, -0.15) is 0 Å². The van der Waals surface area contributed by atoms with Crippen LogP contribution in [0.3, 0.4) is 0 Å². The number of primary sulfonamides is 1. The van der Waals surface area contributed by atoms with E-state index in [2.05, 4.69) is 10.6 Å². The Morgan fingerprint density at radius 2 is 1.84 bits per heavy atom. The van der Waals surface area contributed by atoms with Crippen molar-refractivity contribution in [2.45, 2.75) is 17.9 Å². The van der Waals surface area contributed by atoms with E-state index in [1.165, 1.54) is 43.3 Å². The van der Waals surface area contributed by atoms with Gasteiger partial charge in [0.15, 0.2) is 6.61 Å². The van der Waals surface area contributed by atoms with Crippen LogP contribution >= 0.6 is 0 Å². The highest BCUT2D eigenvalue weighted by molar-refractivity contribution is 7.89. The summed E-state index contributed by atoms with van der Waals surface area (Å²) < 4.78 is 27.5. The molecule has 2 rings (SSSR count). The lowest BCUT2D eigenvalue weighted by Crippen LogP contribution is -2.40. The Morgan fingerprint density at radius 3 is 2.48 bits per heavy atom. The highest BCUT2D eigenvalue weighted by Crippen LogP contribution is 2.14. The minimum atomic E-state index is -3.95. The number of nitrogens with zero attached hydrogens (tertiary/aromatic N) is 1. The molecule has 13 heteroatoms. The Labute approximate surface area is 176 Å². The van der Waals surface area contributed by atoms with Gasteiger partial charge in [-0.15, -0.1) is 0 Å². The first kappa shape index (κ1) is 23.4. The van der Waals surface area contributed by atoms with Crippen molar-refractivity contribution in [3.63, 3.8) is 0 Å². The lowest BCUT2D eigenvalue weighted by Gasteiger charge is -2.13. The molecule has 2 amide bonds. The van der Waals surface area contributed by atoms with Crippen LogP contribution in [0.15, 0.2) is 53.4 Å². The summed E-state index contributed by atoms with van der Waals surface area (Å²) >= 11 is 0. The zero-order chi connectivity index (χ0) is 23.2. The fourth-order valence-electron chi connectivity index (χ4n) is 2.31. The molecule has 1 atom stereocenters. The van der Waals surface area contributed by atoms with Gasteiger partial charge in [0.05, 0.1) is 9.82 Å². The number of nitrogens with one attached hydrogen (secondary N) is 2. The number of rotatable bonds is 8. The molecule has 2 aromatic carbocycles. The van der Waals surface area contributed by atoms with Gasteiger partial charge >= 0.3 is 5.97 Å². The molecule has 31 heavy (non-hydrogen) atoms. The zero-order valence-corrected chi connectivity index (χ0v) is 16.9. The molecule has 0 radical (unpaired) electrons. The number of sulfonamides is 1. The van der Waals surface area contributed by atoms with E-state index in [9.17, 15) is 32.9 Å². The van der Waals surface area contributed by atoms with Gasteiger partial charge in [0.2, 0.25) is 10.0 Å². The van der Waals surface area contributed by atoms with E-state index in [4.69, 9.17) is 9.88 Å². The Morgan fingerprint density at radius 1 is 1.16 bits per heavy atom. The van der Waals surface area contributed by atoms with Gasteiger partial charge in [0.1, 0.15) is 6.04 Å². The Kier molecular flexibility index (Phi) is 7.39. The molecule has 2 aromatic rings. The molecule has 0 unspecified atom stereocenters. The minimum absolute atomic E-state index is 0.0265. The number of hydrogen-bond acceptors (Lipinski definition) is 8. The van der Waals surface area contributed by atoms with E-state index in [1.54, 1.807) is 0 Å². The van der Waals surface area contributed by atoms with Crippen LogP contribution in [0.25, 0.3) is 0 Å². The highest BCUT2D eigenvalue weighted by atomic mass is 32.2. The van der Waals surface area contributed by atoms with Gasteiger partial charge in [0.25, 0.3) is 17.5 Å². The fourth-order valence-corrected chi connectivity index (χ4v) is 2.87. The van der Waals surface area contributed by atoms with Crippen molar-refractivity contribution in [1.29, 1.82) is 0 Å². The van der Waals surface area contributed by atoms with Crippen LogP contribution in [0.4, 0.5) is 11.4 Å². The Bertz CT molecular complexity index is 1130. The average Bonchev–Trinajstić information content (AvgIpc) is 2.71. The van der Waals surface area contributed by atoms with E-state index in [0.717, 1.165) is 12.1 Å². The van der Waals surface area contributed by atoms with E-state index in [0.29, 0.717) is 0 Å². The molecule has 0 bridgehead atoms. The molecule has 4 N–H and O–H groups in total. The van der Waals surface area contributed by atoms with Crippen LogP contribution in [0, 0.1) is 10.1 Å². The molecular formula is C18H18N4O8S. The molecule has 0 spiro atoms. The van der Waals surface area contributed by atoms with Crippen molar-refractivity contribution in [3.05, 3.63) is 64.2 Å². The number of nitro benzene ring substituents is 1. The number of anilines is 1. The summed E-state index contributed by atoms with van der Waals surface area (Å²) in [5.41, 5.74) is -0.188. The number of benzene rings is 2. The molecule has 12 nitrogen and oxygen atoms in total. The van der Waals surface area contributed by atoms with Gasteiger partial charge in [-0.25, -0.2) is 18.4 Å². The topological polar surface area (TPSA) is 188 Å². The SMILES string of the molecule is C[C@H](NC(=O)c1cccc([N+](=O)[O-])c1)C(=O)OCC(=O)Nc1cccc(S(N)(=O)=O)c1. The molecule has 0 aliphatic heterocycles. The van der Waals surface area contributed by atoms with Crippen LogP contribution < -0.4 is 15.8 Å². The zero-order valence-electron chi connectivity index (χ0n) is 16.1. The molecule has 0 heterocycles. The van der Waals surface area contributed by atoms with E-state index in [1.807, 2.05) is 0 Å². The number of nitro groups is 1. The maximum Gasteiger partial charge on any atom is 0.328 e. The van der Waals surface area contributed by atoms with Gasteiger partial charge in [-0.1, -0.05) is 12.1 Å². The van der Waals surface area contributed by atoms with Crippen LogP contribution in [0.2, 0.25) is 0 Å². The van der Waals surface area contributed by atoms with Gasteiger partial charge < -0.3 is 15.4 Å². The number of ether oxygens (including phenoxy) is 1. The van der Waals surface area contributed by atoms with Crippen molar-refractivity contribution < 1.29 is 32.5 Å². The lowest BCUT2D eigenvalue weighted by atomic mass is 10.2. The molecule has 0 fully saturated rings. The number of non-ortho nitro benzene ring substituents is 1. The van der Waals surface area contributed by atoms with E-state index < -0.39 is 45.4 Å². The van der Waals surface area contributed by atoms with Crippen molar-refractivity contribution in [1.82, 2.24) is 5.32 Å². The fraction of sp³-hybridized carbons (Fsp3) is 0.167. The number of esters is 1. The van der Waals surface area contributed by atoms with Gasteiger partial charge in [0, 0.05) is 23.4 Å².